The molecule has 0 N–H and O–H groups in total. The highest BCUT2D eigenvalue weighted by molar-refractivity contribution is 6.07. The van der Waals surface area contributed by atoms with Gasteiger partial charge in [-0.3, -0.25) is 4.79 Å². The molecule has 4 unspecified atom stereocenters. The van der Waals surface area contributed by atoms with Crippen LogP contribution in [0.5, 0.6) is 5.75 Å². The van der Waals surface area contributed by atoms with Crippen molar-refractivity contribution < 1.29 is 19.1 Å². The molecule has 2 saturated carbocycles. The third-order valence-electron chi connectivity index (χ3n) is 8.60. The number of methoxy groups -OCH3 is 1. The summed E-state index contributed by atoms with van der Waals surface area (Å²) >= 11 is 0. The topological polar surface area (TPSA) is 52.6 Å². The number of carbonyl (C=O) groups is 2. The van der Waals surface area contributed by atoms with E-state index in [0.29, 0.717) is 17.0 Å². The number of esters is 1. The van der Waals surface area contributed by atoms with Gasteiger partial charge in [-0.15, -0.1) is 0 Å². The van der Waals surface area contributed by atoms with E-state index in [-0.39, 0.29) is 28.2 Å². The number of hydrogen-bond donors (Lipinski definition) is 0. The standard InChI is InChI=1S/C27H28O4/c1-25-14-13-20(16-25)27(3)26(25,2)21-15-19(10-12-23(21)31-27)22(28)11-7-17-5-8-18(9-6-17)24(29)30-4/h5-12,15,20H,13-14,16H2,1-4H3. The summed E-state index contributed by atoms with van der Waals surface area (Å²) < 4.78 is 11.3. The van der Waals surface area contributed by atoms with Crippen LogP contribution in [0.2, 0.25) is 0 Å². The predicted molar refractivity (Wildman–Crippen MR) is 119 cm³/mol. The average Bonchev–Trinajstić information content (AvgIpc) is 3.35. The maximum atomic E-state index is 13.0. The number of ether oxygens (including phenoxy) is 2. The second kappa shape index (κ2) is 6.56. The minimum Gasteiger partial charge on any atom is -0.486 e. The van der Waals surface area contributed by atoms with Crippen LogP contribution >= 0.6 is 0 Å². The Balaban J connectivity index is 1.42. The molecule has 31 heavy (non-hydrogen) atoms. The molecule has 2 aromatic carbocycles. The highest BCUT2D eigenvalue weighted by Crippen LogP contribution is 2.73. The van der Waals surface area contributed by atoms with E-state index in [1.165, 1.54) is 31.9 Å². The van der Waals surface area contributed by atoms with Crippen LogP contribution in [-0.4, -0.2) is 24.5 Å². The van der Waals surface area contributed by atoms with Crippen molar-refractivity contribution in [1.29, 1.82) is 0 Å². The molecule has 0 aromatic heterocycles. The zero-order valence-corrected chi connectivity index (χ0v) is 18.5. The SMILES string of the molecule is COC(=O)c1ccc(C=CC(=O)c2ccc3c(c2)C2(C)C4(C)CCC(C4)C2(C)O3)cc1. The van der Waals surface area contributed by atoms with E-state index >= 15 is 0 Å². The second-order valence-corrected chi connectivity index (χ2v) is 9.86. The Labute approximate surface area is 183 Å². The van der Waals surface area contributed by atoms with Gasteiger partial charge in [-0.1, -0.05) is 32.1 Å². The first-order valence-electron chi connectivity index (χ1n) is 11.0. The molecule has 0 saturated heterocycles. The van der Waals surface area contributed by atoms with Crippen LogP contribution in [0.4, 0.5) is 0 Å². The van der Waals surface area contributed by atoms with Gasteiger partial charge in [0.15, 0.2) is 5.78 Å². The fourth-order valence-electron chi connectivity index (χ4n) is 6.46. The van der Waals surface area contributed by atoms with Crippen LogP contribution in [0.3, 0.4) is 0 Å². The Morgan fingerprint density at radius 2 is 1.77 bits per heavy atom. The fraction of sp³-hybridized carbons (Fsp3) is 0.407. The lowest BCUT2D eigenvalue weighted by molar-refractivity contribution is -0.0260. The Kier molecular flexibility index (Phi) is 4.24. The van der Waals surface area contributed by atoms with E-state index < -0.39 is 0 Å². The summed E-state index contributed by atoms with van der Waals surface area (Å²) in [4.78, 5) is 24.5. The Hall–Kier alpha value is -2.88. The maximum absolute atomic E-state index is 13.0. The monoisotopic (exact) mass is 416 g/mol. The van der Waals surface area contributed by atoms with Crippen molar-refractivity contribution >= 4 is 17.8 Å². The molecule has 4 nitrogen and oxygen atoms in total. The van der Waals surface area contributed by atoms with Gasteiger partial charge in [0.1, 0.15) is 11.4 Å². The van der Waals surface area contributed by atoms with Crippen LogP contribution in [0.25, 0.3) is 6.08 Å². The number of ketones is 1. The van der Waals surface area contributed by atoms with E-state index in [9.17, 15) is 9.59 Å². The number of hydrogen-bond acceptors (Lipinski definition) is 4. The molecular weight excluding hydrogens is 388 g/mol. The number of carbonyl (C=O) groups excluding carboxylic acids is 2. The molecule has 1 aliphatic heterocycles. The summed E-state index contributed by atoms with van der Waals surface area (Å²) in [6.07, 6.45) is 7.00. The molecule has 0 amide bonds. The lowest BCUT2D eigenvalue weighted by atomic mass is 9.56. The summed E-state index contributed by atoms with van der Waals surface area (Å²) in [5.74, 6) is 1.09. The number of fused-ring (bicyclic) bond motifs is 7. The highest BCUT2D eigenvalue weighted by Gasteiger charge is 2.73. The summed E-state index contributed by atoms with van der Waals surface area (Å²) in [6.45, 7) is 7.00. The zero-order chi connectivity index (χ0) is 22.0. The molecule has 3 aliphatic rings. The highest BCUT2D eigenvalue weighted by atomic mass is 16.5. The quantitative estimate of drug-likeness (QED) is 0.370. The van der Waals surface area contributed by atoms with Crippen molar-refractivity contribution in [3.05, 3.63) is 70.8 Å². The van der Waals surface area contributed by atoms with E-state index in [4.69, 9.17) is 9.47 Å². The van der Waals surface area contributed by atoms with Gasteiger partial charge in [0.2, 0.25) is 0 Å². The lowest BCUT2D eigenvalue weighted by Crippen LogP contribution is -2.54. The van der Waals surface area contributed by atoms with Crippen LogP contribution in [0.15, 0.2) is 48.5 Å². The van der Waals surface area contributed by atoms with Crippen LogP contribution in [0.1, 0.15) is 71.9 Å². The third kappa shape index (κ3) is 2.60. The maximum Gasteiger partial charge on any atom is 0.337 e. The molecule has 4 heteroatoms. The molecule has 4 atom stereocenters. The molecule has 2 aromatic rings. The predicted octanol–water partition coefficient (Wildman–Crippen LogP) is 5.60. The van der Waals surface area contributed by atoms with E-state index in [2.05, 4.69) is 26.8 Å². The lowest BCUT2D eigenvalue weighted by Gasteiger charge is -2.48. The molecule has 2 fully saturated rings. The van der Waals surface area contributed by atoms with E-state index in [0.717, 1.165) is 11.3 Å². The summed E-state index contributed by atoms with van der Waals surface area (Å²) in [6, 6.07) is 12.9. The van der Waals surface area contributed by atoms with E-state index in [1.807, 2.05) is 12.1 Å². The van der Waals surface area contributed by atoms with Gasteiger partial charge in [0.05, 0.1) is 12.7 Å². The average molecular weight is 417 g/mol. The van der Waals surface area contributed by atoms with Crippen LogP contribution < -0.4 is 4.74 Å². The number of rotatable bonds is 4. The zero-order valence-electron chi connectivity index (χ0n) is 18.5. The minimum atomic E-state index is -0.373. The third-order valence-corrected chi connectivity index (χ3v) is 8.60. The van der Waals surface area contributed by atoms with Crippen LogP contribution in [0, 0.1) is 11.3 Å². The molecule has 0 radical (unpaired) electrons. The van der Waals surface area contributed by atoms with Gasteiger partial charge in [-0.05, 0) is 79.5 Å². The summed E-state index contributed by atoms with van der Waals surface area (Å²) in [5.41, 5.74) is 3.13. The van der Waals surface area contributed by atoms with Crippen molar-refractivity contribution in [3.63, 3.8) is 0 Å². The van der Waals surface area contributed by atoms with Gasteiger partial charge in [-0.25, -0.2) is 4.79 Å². The molecule has 5 rings (SSSR count). The van der Waals surface area contributed by atoms with Crippen molar-refractivity contribution in [2.45, 2.75) is 51.0 Å². The van der Waals surface area contributed by atoms with Gasteiger partial charge in [-0.2, -0.15) is 0 Å². The van der Waals surface area contributed by atoms with Gasteiger partial charge in [0.25, 0.3) is 0 Å². The van der Waals surface area contributed by atoms with Gasteiger partial charge < -0.3 is 9.47 Å². The largest absolute Gasteiger partial charge is 0.486 e. The molecule has 1 heterocycles. The van der Waals surface area contributed by atoms with Crippen molar-refractivity contribution in [2.24, 2.45) is 11.3 Å². The molecule has 2 aliphatic carbocycles. The Morgan fingerprint density at radius 1 is 1.06 bits per heavy atom. The van der Waals surface area contributed by atoms with Crippen LogP contribution in [-0.2, 0) is 10.2 Å². The van der Waals surface area contributed by atoms with E-state index in [1.54, 1.807) is 36.4 Å². The number of allylic oxidation sites excluding steroid dienone is 1. The molecule has 2 bridgehead atoms. The first-order chi connectivity index (χ1) is 14.7. The first kappa shape index (κ1) is 20.0. The number of benzene rings is 2. The molecule has 0 spiro atoms. The summed E-state index contributed by atoms with van der Waals surface area (Å²) in [5, 5.41) is 0. The van der Waals surface area contributed by atoms with Crippen molar-refractivity contribution in [2.75, 3.05) is 7.11 Å². The van der Waals surface area contributed by atoms with Crippen molar-refractivity contribution in [3.8, 4) is 5.75 Å². The van der Waals surface area contributed by atoms with Gasteiger partial charge >= 0.3 is 5.97 Å². The fourth-order valence-corrected chi connectivity index (χ4v) is 6.46. The van der Waals surface area contributed by atoms with Crippen molar-refractivity contribution in [1.82, 2.24) is 0 Å². The normalized spacial score (nSPS) is 32.6. The Morgan fingerprint density at radius 3 is 2.48 bits per heavy atom. The smallest absolute Gasteiger partial charge is 0.337 e. The first-order valence-corrected chi connectivity index (χ1v) is 11.0. The van der Waals surface area contributed by atoms with Gasteiger partial charge in [0, 0.05) is 16.5 Å². The molecular formula is C27H28O4. The second-order valence-electron chi connectivity index (χ2n) is 9.86. The molecule has 160 valence electrons. The Bertz CT molecular complexity index is 1110. The minimum absolute atomic E-state index is 0.0367. The summed E-state index contributed by atoms with van der Waals surface area (Å²) in [7, 11) is 1.36.